The van der Waals surface area contributed by atoms with Crippen molar-refractivity contribution in [3.63, 3.8) is 0 Å². The molecule has 0 aliphatic heterocycles. The number of hydrogen-bond acceptors (Lipinski definition) is 2. The number of amides is 2. The minimum atomic E-state index is -0.663. The van der Waals surface area contributed by atoms with Gasteiger partial charge in [0.05, 0.1) is 12.1 Å². The van der Waals surface area contributed by atoms with E-state index in [0.717, 1.165) is 25.3 Å². The van der Waals surface area contributed by atoms with Crippen molar-refractivity contribution in [2.24, 2.45) is 11.8 Å². The Balaban J connectivity index is 1.93. The van der Waals surface area contributed by atoms with Crippen LogP contribution in [0.1, 0.15) is 51.1 Å². The Labute approximate surface area is 141 Å². The van der Waals surface area contributed by atoms with Crippen LogP contribution >= 0.6 is 0 Å². The molecule has 3 N–H and O–H groups in total. The summed E-state index contributed by atoms with van der Waals surface area (Å²) >= 11 is 0. The maximum Gasteiger partial charge on any atom is 0.315 e. The molecule has 24 heavy (non-hydrogen) atoms. The standard InChI is InChI=1S/C18H26F2N2O2/c1-11(2)17(15-7-6-13(19)9-16(15)20)22-18(24)21-10-12-4-3-5-14(23)8-12/h6-7,9,11-12,14,17,23H,3-5,8,10H2,1-2H3,(H2,21,22,24). The molecular weight excluding hydrogens is 314 g/mol. The third-order valence-corrected chi connectivity index (χ3v) is 4.56. The van der Waals surface area contributed by atoms with E-state index >= 15 is 0 Å². The van der Waals surface area contributed by atoms with Gasteiger partial charge in [0.25, 0.3) is 0 Å². The minimum Gasteiger partial charge on any atom is -0.393 e. The first-order valence-corrected chi connectivity index (χ1v) is 8.54. The van der Waals surface area contributed by atoms with Crippen LogP contribution in [-0.2, 0) is 0 Å². The smallest absolute Gasteiger partial charge is 0.315 e. The highest BCUT2D eigenvalue weighted by Crippen LogP contribution is 2.25. The summed E-state index contributed by atoms with van der Waals surface area (Å²) in [5, 5.41) is 15.2. The number of aliphatic hydroxyl groups excluding tert-OH is 1. The van der Waals surface area contributed by atoms with Gasteiger partial charge in [-0.3, -0.25) is 0 Å². The van der Waals surface area contributed by atoms with E-state index in [0.29, 0.717) is 13.0 Å². The second-order valence-electron chi connectivity index (χ2n) is 6.93. The Hall–Kier alpha value is -1.69. The number of urea groups is 1. The Morgan fingerprint density at radius 3 is 2.71 bits per heavy atom. The average Bonchev–Trinajstić information content (AvgIpc) is 2.51. The number of rotatable bonds is 5. The lowest BCUT2D eigenvalue weighted by atomic mass is 9.87. The van der Waals surface area contributed by atoms with E-state index in [1.54, 1.807) is 0 Å². The molecule has 0 saturated heterocycles. The molecule has 3 unspecified atom stereocenters. The molecule has 0 bridgehead atoms. The third kappa shape index (κ3) is 5.16. The molecule has 1 aromatic carbocycles. The maximum atomic E-state index is 14.0. The first-order chi connectivity index (χ1) is 11.4. The van der Waals surface area contributed by atoms with Gasteiger partial charge in [-0.15, -0.1) is 0 Å². The molecule has 1 fully saturated rings. The van der Waals surface area contributed by atoms with Gasteiger partial charge >= 0.3 is 6.03 Å². The van der Waals surface area contributed by atoms with Gasteiger partial charge < -0.3 is 15.7 Å². The van der Waals surface area contributed by atoms with Gasteiger partial charge in [0.15, 0.2) is 0 Å². The predicted molar refractivity (Wildman–Crippen MR) is 88.4 cm³/mol. The van der Waals surface area contributed by atoms with Crippen LogP contribution in [0.4, 0.5) is 13.6 Å². The summed E-state index contributed by atoms with van der Waals surface area (Å²) in [6, 6.07) is 2.47. The van der Waals surface area contributed by atoms with Crippen LogP contribution in [0, 0.1) is 23.5 Å². The Bertz CT molecular complexity index is 566. The molecule has 4 nitrogen and oxygen atoms in total. The van der Waals surface area contributed by atoms with E-state index in [-0.39, 0.29) is 29.5 Å². The fourth-order valence-corrected chi connectivity index (χ4v) is 3.23. The zero-order valence-electron chi connectivity index (χ0n) is 14.2. The molecule has 0 aromatic heterocycles. The van der Waals surface area contributed by atoms with Gasteiger partial charge in [0.2, 0.25) is 0 Å². The minimum absolute atomic E-state index is 0.0489. The zero-order chi connectivity index (χ0) is 17.7. The normalized spacial score (nSPS) is 22.2. The molecular formula is C18H26F2N2O2. The molecule has 0 radical (unpaired) electrons. The van der Waals surface area contributed by atoms with Crippen molar-refractivity contribution in [1.29, 1.82) is 0 Å². The van der Waals surface area contributed by atoms with E-state index in [4.69, 9.17) is 0 Å². The summed E-state index contributed by atoms with van der Waals surface area (Å²) in [4.78, 5) is 12.2. The van der Waals surface area contributed by atoms with Gasteiger partial charge in [-0.25, -0.2) is 13.6 Å². The lowest BCUT2D eigenvalue weighted by Gasteiger charge is -2.27. The topological polar surface area (TPSA) is 61.4 Å². The van der Waals surface area contributed by atoms with Crippen molar-refractivity contribution >= 4 is 6.03 Å². The molecule has 1 aromatic rings. The molecule has 0 heterocycles. The number of aliphatic hydroxyl groups is 1. The van der Waals surface area contributed by atoms with E-state index in [1.165, 1.54) is 12.1 Å². The first-order valence-electron chi connectivity index (χ1n) is 8.54. The largest absolute Gasteiger partial charge is 0.393 e. The van der Waals surface area contributed by atoms with Crippen LogP contribution in [0.5, 0.6) is 0 Å². The van der Waals surface area contributed by atoms with Crippen LogP contribution < -0.4 is 10.6 Å². The molecule has 2 amide bonds. The molecule has 3 atom stereocenters. The number of hydrogen-bond donors (Lipinski definition) is 3. The molecule has 1 aliphatic carbocycles. The summed E-state index contributed by atoms with van der Waals surface area (Å²) in [6.45, 7) is 4.22. The lowest BCUT2D eigenvalue weighted by molar-refractivity contribution is 0.101. The fourth-order valence-electron chi connectivity index (χ4n) is 3.23. The quantitative estimate of drug-likeness (QED) is 0.768. The van der Waals surface area contributed by atoms with Crippen LogP contribution in [0.3, 0.4) is 0 Å². The number of carbonyl (C=O) groups excluding carboxylic acids is 1. The van der Waals surface area contributed by atoms with Gasteiger partial charge in [-0.1, -0.05) is 26.3 Å². The molecule has 2 rings (SSSR count). The van der Waals surface area contributed by atoms with Gasteiger partial charge in [-0.05, 0) is 37.2 Å². The first kappa shape index (κ1) is 18.6. The highest BCUT2D eigenvalue weighted by molar-refractivity contribution is 5.74. The summed E-state index contributed by atoms with van der Waals surface area (Å²) in [6.07, 6.45) is 3.18. The van der Waals surface area contributed by atoms with Crippen molar-refractivity contribution < 1.29 is 18.7 Å². The maximum absolute atomic E-state index is 14.0. The predicted octanol–water partition coefficient (Wildman–Crippen LogP) is 3.51. The van der Waals surface area contributed by atoms with Crippen molar-refractivity contribution in [2.45, 2.75) is 51.7 Å². The Morgan fingerprint density at radius 2 is 2.08 bits per heavy atom. The SMILES string of the molecule is CC(C)C(NC(=O)NCC1CCCC(O)C1)c1ccc(F)cc1F. The monoisotopic (exact) mass is 340 g/mol. The van der Waals surface area contributed by atoms with Crippen molar-refractivity contribution in [1.82, 2.24) is 10.6 Å². The van der Waals surface area contributed by atoms with Gasteiger partial charge in [0, 0.05) is 18.2 Å². The third-order valence-electron chi connectivity index (χ3n) is 4.56. The zero-order valence-corrected chi connectivity index (χ0v) is 14.2. The summed E-state index contributed by atoms with van der Waals surface area (Å²) < 4.78 is 27.1. The van der Waals surface area contributed by atoms with Gasteiger partial charge in [-0.2, -0.15) is 0 Å². The molecule has 1 saturated carbocycles. The lowest BCUT2D eigenvalue weighted by Crippen LogP contribution is -2.42. The number of carbonyl (C=O) groups is 1. The molecule has 6 heteroatoms. The van der Waals surface area contributed by atoms with E-state index in [1.807, 2.05) is 13.8 Å². The average molecular weight is 340 g/mol. The van der Waals surface area contributed by atoms with Crippen molar-refractivity contribution in [2.75, 3.05) is 6.54 Å². The van der Waals surface area contributed by atoms with Crippen LogP contribution in [-0.4, -0.2) is 23.8 Å². The van der Waals surface area contributed by atoms with Gasteiger partial charge in [0.1, 0.15) is 11.6 Å². The second kappa shape index (κ2) is 8.42. The van der Waals surface area contributed by atoms with Crippen molar-refractivity contribution in [3.8, 4) is 0 Å². The molecule has 1 aliphatic rings. The summed E-state index contributed by atoms with van der Waals surface area (Å²) in [5.74, 6) is -1.09. The number of nitrogens with one attached hydrogen (secondary N) is 2. The van der Waals surface area contributed by atoms with Crippen LogP contribution in [0.25, 0.3) is 0 Å². The second-order valence-corrected chi connectivity index (χ2v) is 6.93. The molecule has 0 spiro atoms. The fraction of sp³-hybridized carbons (Fsp3) is 0.611. The Kier molecular flexibility index (Phi) is 6.54. The van der Waals surface area contributed by atoms with E-state index in [2.05, 4.69) is 10.6 Å². The summed E-state index contributed by atoms with van der Waals surface area (Å²) in [5.41, 5.74) is 0.273. The number of benzene rings is 1. The molecule has 134 valence electrons. The summed E-state index contributed by atoms with van der Waals surface area (Å²) in [7, 11) is 0. The Morgan fingerprint density at radius 1 is 1.33 bits per heavy atom. The van der Waals surface area contributed by atoms with Crippen LogP contribution in [0.15, 0.2) is 18.2 Å². The highest BCUT2D eigenvalue weighted by atomic mass is 19.1. The van der Waals surface area contributed by atoms with E-state index < -0.39 is 17.7 Å². The highest BCUT2D eigenvalue weighted by Gasteiger charge is 2.24. The van der Waals surface area contributed by atoms with Crippen LogP contribution in [0.2, 0.25) is 0 Å². The number of halogens is 2. The van der Waals surface area contributed by atoms with E-state index in [9.17, 15) is 18.7 Å². The van der Waals surface area contributed by atoms with Crippen molar-refractivity contribution in [3.05, 3.63) is 35.4 Å².